The van der Waals surface area contributed by atoms with Gasteiger partial charge in [-0.15, -0.1) is 0 Å². The van der Waals surface area contributed by atoms with Crippen LogP contribution in [0, 0.1) is 10.5 Å². The highest BCUT2D eigenvalue weighted by Gasteiger charge is 2.03. The summed E-state index contributed by atoms with van der Waals surface area (Å²) >= 11 is 2.32. The predicted molar refractivity (Wildman–Crippen MR) is 72.0 cm³/mol. The van der Waals surface area contributed by atoms with Crippen LogP contribution in [0.25, 0.3) is 10.9 Å². The minimum absolute atomic E-state index is 0.685. The Kier molecular flexibility index (Phi) is 3.21. The Morgan fingerprint density at radius 3 is 2.87 bits per heavy atom. The van der Waals surface area contributed by atoms with E-state index in [4.69, 9.17) is 5.73 Å². The maximum Gasteiger partial charge on any atom is 0.0708 e. The van der Waals surface area contributed by atoms with Gasteiger partial charge in [0.2, 0.25) is 0 Å². The molecule has 3 heteroatoms. The number of benzene rings is 1. The zero-order chi connectivity index (χ0) is 10.8. The van der Waals surface area contributed by atoms with E-state index < -0.39 is 0 Å². The topological polar surface area (TPSA) is 38.9 Å². The number of nitrogens with zero attached hydrogens (tertiary/aromatic N) is 1. The highest BCUT2D eigenvalue weighted by molar-refractivity contribution is 14.1. The fourth-order valence-corrected chi connectivity index (χ4v) is 2.27. The van der Waals surface area contributed by atoms with Crippen LogP contribution < -0.4 is 5.73 Å². The van der Waals surface area contributed by atoms with Crippen LogP contribution in [0.2, 0.25) is 0 Å². The average Bonchev–Trinajstić information content (AvgIpc) is 2.19. The lowest BCUT2D eigenvalue weighted by Gasteiger charge is -2.07. The minimum atomic E-state index is 0.685. The van der Waals surface area contributed by atoms with Gasteiger partial charge in [-0.05, 0) is 72.3 Å². The minimum Gasteiger partial charge on any atom is -0.330 e. The third-order valence-electron chi connectivity index (χ3n) is 2.40. The molecule has 0 aliphatic carbocycles. The highest BCUT2D eigenvalue weighted by Crippen LogP contribution is 2.21. The smallest absolute Gasteiger partial charge is 0.0708 e. The van der Waals surface area contributed by atoms with Gasteiger partial charge in [0.25, 0.3) is 0 Å². The summed E-state index contributed by atoms with van der Waals surface area (Å²) in [5.74, 6) is 0. The lowest BCUT2D eigenvalue weighted by molar-refractivity contribution is 0.971. The SMILES string of the molecule is Cc1cc(CCN)c2cc(I)ccc2n1. The molecule has 2 nitrogen and oxygen atoms in total. The van der Waals surface area contributed by atoms with Crippen molar-refractivity contribution in [1.82, 2.24) is 4.98 Å². The summed E-state index contributed by atoms with van der Waals surface area (Å²) in [5.41, 5.74) is 9.05. The van der Waals surface area contributed by atoms with Gasteiger partial charge in [0.1, 0.15) is 0 Å². The van der Waals surface area contributed by atoms with E-state index in [0.29, 0.717) is 6.54 Å². The van der Waals surface area contributed by atoms with Crippen molar-refractivity contribution in [2.45, 2.75) is 13.3 Å². The van der Waals surface area contributed by atoms with E-state index in [1.54, 1.807) is 0 Å². The van der Waals surface area contributed by atoms with Crippen molar-refractivity contribution >= 4 is 33.5 Å². The number of hydrogen-bond donors (Lipinski definition) is 1. The molecule has 0 aliphatic heterocycles. The molecule has 1 heterocycles. The standard InChI is InChI=1S/C12H13IN2/c1-8-6-9(4-5-14)11-7-10(13)2-3-12(11)15-8/h2-3,6-7H,4-5,14H2,1H3. The van der Waals surface area contributed by atoms with Gasteiger partial charge in [0.15, 0.2) is 0 Å². The lowest BCUT2D eigenvalue weighted by Crippen LogP contribution is -2.04. The molecule has 0 bridgehead atoms. The number of fused-ring (bicyclic) bond motifs is 1. The molecule has 2 N–H and O–H groups in total. The number of pyridine rings is 1. The second-order valence-corrected chi connectivity index (χ2v) is 4.87. The molecule has 0 aliphatic rings. The van der Waals surface area contributed by atoms with Crippen LogP contribution in [0.4, 0.5) is 0 Å². The fourth-order valence-electron chi connectivity index (χ4n) is 1.78. The van der Waals surface area contributed by atoms with Crippen molar-refractivity contribution in [3.05, 3.63) is 39.1 Å². The van der Waals surface area contributed by atoms with E-state index in [2.05, 4.69) is 51.8 Å². The van der Waals surface area contributed by atoms with Crippen molar-refractivity contribution in [3.63, 3.8) is 0 Å². The zero-order valence-corrected chi connectivity index (χ0v) is 10.8. The van der Waals surface area contributed by atoms with Gasteiger partial charge in [-0.25, -0.2) is 0 Å². The van der Waals surface area contributed by atoms with Crippen LogP contribution in [-0.2, 0) is 6.42 Å². The summed E-state index contributed by atoms with van der Waals surface area (Å²) in [6.07, 6.45) is 0.917. The molecule has 0 saturated heterocycles. The average molecular weight is 312 g/mol. The molecule has 78 valence electrons. The van der Waals surface area contributed by atoms with E-state index >= 15 is 0 Å². The molecule has 1 aromatic heterocycles. The highest BCUT2D eigenvalue weighted by atomic mass is 127. The van der Waals surface area contributed by atoms with Gasteiger partial charge >= 0.3 is 0 Å². The molecule has 2 aromatic rings. The maximum absolute atomic E-state index is 5.62. The monoisotopic (exact) mass is 312 g/mol. The number of halogens is 1. The normalized spacial score (nSPS) is 10.9. The Balaban J connectivity index is 2.70. The molecule has 0 spiro atoms. The van der Waals surface area contributed by atoms with E-state index in [9.17, 15) is 0 Å². The Hall–Kier alpha value is -0.680. The quantitative estimate of drug-likeness (QED) is 0.866. The first-order valence-electron chi connectivity index (χ1n) is 4.96. The zero-order valence-electron chi connectivity index (χ0n) is 8.63. The van der Waals surface area contributed by atoms with E-state index in [-0.39, 0.29) is 0 Å². The van der Waals surface area contributed by atoms with Crippen molar-refractivity contribution in [2.75, 3.05) is 6.54 Å². The van der Waals surface area contributed by atoms with Crippen molar-refractivity contribution in [1.29, 1.82) is 0 Å². The Bertz CT molecular complexity index is 494. The summed E-state index contributed by atoms with van der Waals surface area (Å²) in [6, 6.07) is 8.46. The molecular weight excluding hydrogens is 299 g/mol. The maximum atomic E-state index is 5.62. The number of hydrogen-bond acceptors (Lipinski definition) is 2. The molecule has 0 amide bonds. The Labute approximate surface area is 103 Å². The van der Waals surface area contributed by atoms with Crippen LogP contribution in [0.15, 0.2) is 24.3 Å². The second-order valence-electron chi connectivity index (χ2n) is 3.62. The molecule has 15 heavy (non-hydrogen) atoms. The van der Waals surface area contributed by atoms with Crippen LogP contribution in [0.1, 0.15) is 11.3 Å². The molecule has 0 atom stereocenters. The molecule has 1 aromatic carbocycles. The summed E-state index contributed by atoms with van der Waals surface area (Å²) in [4.78, 5) is 4.52. The summed E-state index contributed by atoms with van der Waals surface area (Å²) in [7, 11) is 0. The van der Waals surface area contributed by atoms with Gasteiger partial charge in [-0.2, -0.15) is 0 Å². The third kappa shape index (κ3) is 2.29. The summed E-state index contributed by atoms with van der Waals surface area (Å²) in [5, 5.41) is 1.23. The number of nitrogens with two attached hydrogens (primary N) is 1. The summed E-state index contributed by atoms with van der Waals surface area (Å²) in [6.45, 7) is 2.71. The molecular formula is C12H13IN2. The van der Waals surface area contributed by atoms with Gasteiger partial charge in [0, 0.05) is 14.7 Å². The number of aryl methyl sites for hydroxylation is 1. The van der Waals surface area contributed by atoms with Gasteiger partial charge in [-0.1, -0.05) is 0 Å². The Morgan fingerprint density at radius 1 is 1.33 bits per heavy atom. The second kappa shape index (κ2) is 4.45. The van der Waals surface area contributed by atoms with Crippen molar-refractivity contribution in [2.24, 2.45) is 5.73 Å². The molecule has 0 unspecified atom stereocenters. The van der Waals surface area contributed by atoms with Crippen molar-refractivity contribution < 1.29 is 0 Å². The molecule has 0 fully saturated rings. The largest absolute Gasteiger partial charge is 0.330 e. The molecule has 2 rings (SSSR count). The molecule has 0 saturated carbocycles. The van der Waals surface area contributed by atoms with Crippen LogP contribution in [-0.4, -0.2) is 11.5 Å². The fraction of sp³-hybridized carbons (Fsp3) is 0.250. The predicted octanol–water partition coefficient (Wildman–Crippen LogP) is 2.65. The number of aromatic nitrogens is 1. The lowest BCUT2D eigenvalue weighted by atomic mass is 10.1. The van der Waals surface area contributed by atoms with E-state index in [0.717, 1.165) is 17.6 Å². The van der Waals surface area contributed by atoms with Gasteiger partial charge in [0.05, 0.1) is 5.52 Å². The van der Waals surface area contributed by atoms with Crippen LogP contribution in [0.3, 0.4) is 0 Å². The first-order valence-corrected chi connectivity index (χ1v) is 6.04. The van der Waals surface area contributed by atoms with Crippen LogP contribution >= 0.6 is 22.6 Å². The first kappa shape index (κ1) is 10.8. The molecule has 0 radical (unpaired) electrons. The Morgan fingerprint density at radius 2 is 2.13 bits per heavy atom. The summed E-state index contributed by atoms with van der Waals surface area (Å²) < 4.78 is 1.24. The van der Waals surface area contributed by atoms with Gasteiger partial charge < -0.3 is 5.73 Å². The van der Waals surface area contributed by atoms with Crippen molar-refractivity contribution in [3.8, 4) is 0 Å². The van der Waals surface area contributed by atoms with Gasteiger partial charge in [-0.3, -0.25) is 4.98 Å². The van der Waals surface area contributed by atoms with Crippen LogP contribution in [0.5, 0.6) is 0 Å². The third-order valence-corrected chi connectivity index (χ3v) is 3.07. The first-order chi connectivity index (χ1) is 7.20. The number of rotatable bonds is 2. The van der Waals surface area contributed by atoms with E-state index in [1.807, 2.05) is 6.92 Å². The van der Waals surface area contributed by atoms with E-state index in [1.165, 1.54) is 14.5 Å².